The Hall–Kier alpha value is -1.98. The molecule has 0 spiro atoms. The second kappa shape index (κ2) is 13.9. The Labute approximate surface area is 203 Å². The molecule has 0 saturated carbocycles. The summed E-state index contributed by atoms with van der Waals surface area (Å²) in [5, 5.41) is 53.2. The molecule has 2 aromatic rings. The summed E-state index contributed by atoms with van der Waals surface area (Å²) in [6.07, 6.45) is -7.95. The highest BCUT2D eigenvalue weighted by Crippen LogP contribution is 2.21. The van der Waals surface area contributed by atoms with Crippen LogP contribution >= 0.6 is 0 Å². The molecule has 0 fully saturated rings. The van der Waals surface area contributed by atoms with Crippen LogP contribution in [0.2, 0.25) is 0 Å². The number of aliphatic hydroxyl groups excluding tert-OH is 5. The second-order valence-electron chi connectivity index (χ2n) is 7.33. The molecular formula is C21H30O12S2. The molecule has 0 radical (unpaired) electrons. The van der Waals surface area contributed by atoms with Gasteiger partial charge in [0.15, 0.2) is 0 Å². The van der Waals surface area contributed by atoms with Crippen molar-refractivity contribution in [3.63, 3.8) is 0 Å². The van der Waals surface area contributed by atoms with Crippen LogP contribution in [0.25, 0.3) is 0 Å². The van der Waals surface area contributed by atoms with E-state index < -0.39 is 64.7 Å². The first-order valence-corrected chi connectivity index (χ1v) is 12.9. The average molecular weight is 539 g/mol. The van der Waals surface area contributed by atoms with Gasteiger partial charge in [-0.05, 0) is 38.1 Å². The molecule has 12 nitrogen and oxygen atoms in total. The summed E-state index contributed by atoms with van der Waals surface area (Å²) in [5.74, 6) is 0. The van der Waals surface area contributed by atoms with Gasteiger partial charge < -0.3 is 30.6 Å². The van der Waals surface area contributed by atoms with Crippen LogP contribution in [0.3, 0.4) is 0 Å². The number of aryl methyl sites for hydroxylation is 2. The van der Waals surface area contributed by atoms with E-state index in [-0.39, 0.29) is 9.79 Å². The normalized spacial score (nSPS) is 15.4. The third-order valence-corrected chi connectivity index (χ3v) is 7.22. The maximum absolute atomic E-state index is 12.6. The predicted molar refractivity (Wildman–Crippen MR) is 122 cm³/mol. The smallest absolute Gasteiger partial charge is 0.297 e. The minimum absolute atomic E-state index is 0.214. The average Bonchev–Trinajstić information content (AvgIpc) is 2.81. The first kappa shape index (κ1) is 31.1. The zero-order chi connectivity index (χ0) is 26.8. The summed E-state index contributed by atoms with van der Waals surface area (Å²) in [6.45, 7) is 0.789. The van der Waals surface area contributed by atoms with Crippen molar-refractivity contribution in [2.24, 2.45) is 0 Å². The summed E-state index contributed by atoms with van der Waals surface area (Å²) in [4.78, 5) is -0.493. The first-order chi connectivity index (χ1) is 16.3. The Morgan fingerprint density at radius 2 is 1.11 bits per heavy atom. The van der Waals surface area contributed by atoms with E-state index >= 15 is 0 Å². The molecule has 0 saturated heterocycles. The lowest BCUT2D eigenvalue weighted by Gasteiger charge is -2.28. The lowest BCUT2D eigenvalue weighted by molar-refractivity contribution is -0.114. The van der Waals surface area contributed by atoms with Gasteiger partial charge in [-0.2, -0.15) is 16.8 Å². The standard InChI is InChI=1S/C20H26O10S2.CH4O2/c1-13-3-7-15(8-4-13)31(25,26)29-12-18(20(24)19(23)17(22)11-21)30-32(27,28)16-9-5-14(2)6-10-16;2-1-3/h3-10,17-24H,11-12H2,1-2H3;2-3H,1H2. The Morgan fingerprint density at radius 1 is 0.714 bits per heavy atom. The molecule has 4 unspecified atom stereocenters. The van der Waals surface area contributed by atoms with Gasteiger partial charge in [-0.25, -0.2) is 0 Å². The molecule has 0 aliphatic rings. The van der Waals surface area contributed by atoms with E-state index in [9.17, 15) is 32.2 Å². The lowest BCUT2D eigenvalue weighted by atomic mass is 10.0. The number of hydrogen-bond acceptors (Lipinski definition) is 12. The summed E-state index contributed by atoms with van der Waals surface area (Å²) < 4.78 is 60.0. The third-order valence-electron chi connectivity index (χ3n) is 4.57. The highest BCUT2D eigenvalue weighted by Gasteiger charge is 2.36. The minimum Gasteiger partial charge on any atom is -0.394 e. The van der Waals surface area contributed by atoms with Gasteiger partial charge in [-0.3, -0.25) is 8.37 Å². The van der Waals surface area contributed by atoms with Gasteiger partial charge in [0, 0.05) is 0 Å². The molecule has 0 aliphatic carbocycles. The Balaban J connectivity index is 0.00000194. The predicted octanol–water partition coefficient (Wildman–Crippen LogP) is -1.21. The van der Waals surface area contributed by atoms with Gasteiger partial charge in [-0.1, -0.05) is 35.4 Å². The first-order valence-electron chi connectivity index (χ1n) is 10.1. The van der Waals surface area contributed by atoms with E-state index in [2.05, 4.69) is 0 Å². The minimum atomic E-state index is -4.52. The van der Waals surface area contributed by atoms with E-state index in [0.717, 1.165) is 11.1 Å². The molecule has 198 valence electrons. The number of benzene rings is 2. The molecule has 6 N–H and O–H groups in total. The Kier molecular flexibility index (Phi) is 12.4. The number of rotatable bonds is 11. The SMILES string of the molecule is Cc1ccc(S(=O)(=O)OCC(OS(=O)(=O)c2ccc(C)cc2)C(O)C(O)C(O)CO)cc1.OCO. The Morgan fingerprint density at radius 3 is 1.51 bits per heavy atom. The summed E-state index contributed by atoms with van der Waals surface area (Å²) >= 11 is 0. The summed E-state index contributed by atoms with van der Waals surface area (Å²) in [6, 6.07) is 11.1. The largest absolute Gasteiger partial charge is 0.394 e. The molecule has 0 bridgehead atoms. The highest BCUT2D eigenvalue weighted by molar-refractivity contribution is 7.87. The molecule has 35 heavy (non-hydrogen) atoms. The van der Waals surface area contributed by atoms with E-state index in [0.29, 0.717) is 0 Å². The fourth-order valence-electron chi connectivity index (χ4n) is 2.59. The number of hydrogen-bond donors (Lipinski definition) is 6. The fourth-order valence-corrected chi connectivity index (χ4v) is 4.59. The van der Waals surface area contributed by atoms with Crippen LogP contribution < -0.4 is 0 Å². The summed E-state index contributed by atoms with van der Waals surface area (Å²) in [7, 11) is -8.88. The maximum Gasteiger partial charge on any atom is 0.297 e. The molecular weight excluding hydrogens is 508 g/mol. The Bertz CT molecular complexity index is 1100. The van der Waals surface area contributed by atoms with Crippen LogP contribution in [0.4, 0.5) is 0 Å². The molecule has 0 aliphatic heterocycles. The number of aliphatic hydroxyl groups is 6. The highest BCUT2D eigenvalue weighted by atomic mass is 32.2. The topological polar surface area (TPSA) is 208 Å². The van der Waals surface area contributed by atoms with E-state index in [4.69, 9.17) is 23.7 Å². The van der Waals surface area contributed by atoms with Crippen LogP contribution in [-0.4, -0.2) is 91.9 Å². The molecule has 2 rings (SSSR count). The van der Waals surface area contributed by atoms with Crippen molar-refractivity contribution in [3.8, 4) is 0 Å². The van der Waals surface area contributed by atoms with Crippen LogP contribution in [0.15, 0.2) is 58.3 Å². The lowest BCUT2D eigenvalue weighted by Crippen LogP contribution is -2.49. The van der Waals surface area contributed by atoms with Gasteiger partial charge in [-0.15, -0.1) is 0 Å². The van der Waals surface area contributed by atoms with E-state index in [1.165, 1.54) is 48.5 Å². The van der Waals surface area contributed by atoms with Crippen molar-refractivity contribution in [2.45, 2.75) is 48.1 Å². The summed E-state index contributed by atoms with van der Waals surface area (Å²) in [5.41, 5.74) is 1.57. The maximum atomic E-state index is 12.6. The molecule has 0 aromatic heterocycles. The van der Waals surface area contributed by atoms with Gasteiger partial charge in [0.1, 0.15) is 31.2 Å². The molecule has 14 heteroatoms. The van der Waals surface area contributed by atoms with Gasteiger partial charge in [0.2, 0.25) is 0 Å². The van der Waals surface area contributed by atoms with Crippen LogP contribution in [0, 0.1) is 13.8 Å². The van der Waals surface area contributed by atoms with Crippen molar-refractivity contribution < 1.29 is 55.8 Å². The van der Waals surface area contributed by atoms with Crippen molar-refractivity contribution in [1.82, 2.24) is 0 Å². The van der Waals surface area contributed by atoms with Crippen molar-refractivity contribution in [2.75, 3.05) is 20.0 Å². The zero-order valence-corrected chi connectivity index (χ0v) is 20.6. The van der Waals surface area contributed by atoms with Crippen molar-refractivity contribution >= 4 is 20.2 Å². The molecule has 0 amide bonds. The van der Waals surface area contributed by atoms with Gasteiger partial charge in [0.05, 0.1) is 23.0 Å². The molecule has 0 heterocycles. The van der Waals surface area contributed by atoms with Crippen molar-refractivity contribution in [3.05, 3.63) is 59.7 Å². The molecule has 4 atom stereocenters. The van der Waals surface area contributed by atoms with Crippen LogP contribution in [0.5, 0.6) is 0 Å². The fraction of sp³-hybridized carbons (Fsp3) is 0.429. The van der Waals surface area contributed by atoms with E-state index in [1.54, 1.807) is 13.8 Å². The van der Waals surface area contributed by atoms with Gasteiger partial charge >= 0.3 is 0 Å². The van der Waals surface area contributed by atoms with Crippen LogP contribution in [-0.2, 0) is 28.6 Å². The second-order valence-corrected chi connectivity index (χ2v) is 10.5. The van der Waals surface area contributed by atoms with E-state index in [1.807, 2.05) is 0 Å². The third kappa shape index (κ3) is 9.53. The molecule has 2 aromatic carbocycles. The van der Waals surface area contributed by atoms with Crippen LogP contribution in [0.1, 0.15) is 11.1 Å². The van der Waals surface area contributed by atoms with Crippen molar-refractivity contribution in [1.29, 1.82) is 0 Å². The monoisotopic (exact) mass is 538 g/mol. The zero-order valence-electron chi connectivity index (χ0n) is 19.0. The quantitative estimate of drug-likeness (QED) is 0.147. The van der Waals surface area contributed by atoms with Gasteiger partial charge in [0.25, 0.3) is 20.2 Å².